The zero-order valence-corrected chi connectivity index (χ0v) is 18.1. The monoisotopic (exact) mass is 452 g/mol. The van der Waals surface area contributed by atoms with E-state index < -0.39 is 0 Å². The standard InChI is InChI=1S/C18H36N4O.HI/c1-4-11-22-12-6-16(7-13-22)21-17(19-3)20-15-18(8-9-18)10-14-23-5-2;/h16H,4-15H2,1-3H3,(H2,19,20,21);1H. The van der Waals surface area contributed by atoms with Crippen molar-refractivity contribution in [2.45, 2.75) is 58.4 Å². The summed E-state index contributed by atoms with van der Waals surface area (Å²) < 4.78 is 5.52. The zero-order chi connectivity index (χ0) is 16.5. The molecule has 0 bridgehead atoms. The highest BCUT2D eigenvalue weighted by Gasteiger charge is 2.42. The Hall–Kier alpha value is -0.0800. The molecule has 1 saturated carbocycles. The lowest BCUT2D eigenvalue weighted by molar-refractivity contribution is 0.128. The molecular weight excluding hydrogens is 415 g/mol. The van der Waals surface area contributed by atoms with Gasteiger partial charge in [0.15, 0.2) is 5.96 Å². The fourth-order valence-corrected chi connectivity index (χ4v) is 3.40. The Balaban J connectivity index is 0.00000288. The topological polar surface area (TPSA) is 48.9 Å². The van der Waals surface area contributed by atoms with Gasteiger partial charge in [0.25, 0.3) is 0 Å². The molecule has 0 aromatic rings. The van der Waals surface area contributed by atoms with E-state index in [0.717, 1.165) is 25.7 Å². The number of likely N-dealkylation sites (tertiary alicyclic amines) is 1. The van der Waals surface area contributed by atoms with Crippen LogP contribution >= 0.6 is 24.0 Å². The molecule has 0 amide bonds. The summed E-state index contributed by atoms with van der Waals surface area (Å²) in [6.07, 6.45) is 7.50. The molecular formula is C18H37IN4O. The van der Waals surface area contributed by atoms with Gasteiger partial charge in [-0.2, -0.15) is 0 Å². The first kappa shape index (κ1) is 22.0. The molecule has 0 aromatic carbocycles. The third-order valence-electron chi connectivity index (χ3n) is 5.26. The number of nitrogens with one attached hydrogen (secondary N) is 2. The van der Waals surface area contributed by atoms with Gasteiger partial charge in [-0.05, 0) is 57.4 Å². The SMILES string of the molecule is CCCN1CCC(NC(=NC)NCC2(CCOCC)CC2)CC1.I. The van der Waals surface area contributed by atoms with Crippen molar-refractivity contribution in [2.75, 3.05) is 46.4 Å². The molecule has 1 heterocycles. The van der Waals surface area contributed by atoms with E-state index >= 15 is 0 Å². The van der Waals surface area contributed by atoms with Gasteiger partial charge in [0.05, 0.1) is 0 Å². The van der Waals surface area contributed by atoms with Gasteiger partial charge in [-0.25, -0.2) is 0 Å². The molecule has 2 fully saturated rings. The molecule has 2 N–H and O–H groups in total. The zero-order valence-electron chi connectivity index (χ0n) is 15.8. The maximum atomic E-state index is 5.52. The first-order valence-corrected chi connectivity index (χ1v) is 9.48. The van der Waals surface area contributed by atoms with Crippen LogP contribution in [0.15, 0.2) is 4.99 Å². The molecule has 1 aliphatic carbocycles. The van der Waals surface area contributed by atoms with Crippen molar-refractivity contribution < 1.29 is 4.74 Å². The average Bonchev–Trinajstić information content (AvgIpc) is 3.34. The molecule has 2 rings (SSSR count). The fourth-order valence-electron chi connectivity index (χ4n) is 3.40. The second-order valence-corrected chi connectivity index (χ2v) is 7.13. The van der Waals surface area contributed by atoms with Gasteiger partial charge in [-0.1, -0.05) is 6.92 Å². The molecule has 0 aromatic heterocycles. The highest BCUT2D eigenvalue weighted by molar-refractivity contribution is 14.0. The molecule has 24 heavy (non-hydrogen) atoms. The van der Waals surface area contributed by atoms with Crippen molar-refractivity contribution in [3.63, 3.8) is 0 Å². The van der Waals surface area contributed by atoms with Crippen molar-refractivity contribution in [3.05, 3.63) is 0 Å². The summed E-state index contributed by atoms with van der Waals surface area (Å²) in [4.78, 5) is 6.99. The maximum absolute atomic E-state index is 5.52. The Kier molecular flexibility index (Phi) is 10.5. The van der Waals surface area contributed by atoms with Crippen molar-refractivity contribution in [1.82, 2.24) is 15.5 Å². The number of halogens is 1. The lowest BCUT2D eigenvalue weighted by Crippen LogP contribution is -2.49. The molecule has 142 valence electrons. The van der Waals surface area contributed by atoms with Gasteiger partial charge in [0.1, 0.15) is 0 Å². The van der Waals surface area contributed by atoms with Crippen LogP contribution in [0.25, 0.3) is 0 Å². The summed E-state index contributed by atoms with van der Waals surface area (Å²) in [7, 11) is 1.88. The first-order chi connectivity index (χ1) is 11.2. The van der Waals surface area contributed by atoms with Crippen LogP contribution in [0.2, 0.25) is 0 Å². The second-order valence-electron chi connectivity index (χ2n) is 7.13. The third kappa shape index (κ3) is 7.44. The molecule has 0 spiro atoms. The Bertz CT molecular complexity index is 366. The number of nitrogens with zero attached hydrogens (tertiary/aromatic N) is 2. The normalized spacial score (nSPS) is 21.2. The van der Waals surface area contributed by atoms with E-state index in [9.17, 15) is 0 Å². The summed E-state index contributed by atoms with van der Waals surface area (Å²) >= 11 is 0. The van der Waals surface area contributed by atoms with Gasteiger partial charge in [-0.15, -0.1) is 24.0 Å². The smallest absolute Gasteiger partial charge is 0.191 e. The Morgan fingerprint density at radius 3 is 2.50 bits per heavy atom. The number of hydrogen-bond donors (Lipinski definition) is 2. The lowest BCUT2D eigenvalue weighted by Gasteiger charge is -2.33. The van der Waals surface area contributed by atoms with E-state index in [1.165, 1.54) is 58.2 Å². The number of hydrogen-bond acceptors (Lipinski definition) is 3. The Morgan fingerprint density at radius 2 is 1.96 bits per heavy atom. The van der Waals surface area contributed by atoms with Crippen molar-refractivity contribution >= 4 is 29.9 Å². The van der Waals surface area contributed by atoms with E-state index in [1.54, 1.807) is 0 Å². The molecule has 0 radical (unpaired) electrons. The van der Waals surface area contributed by atoms with Crippen LogP contribution in [0, 0.1) is 5.41 Å². The van der Waals surface area contributed by atoms with Crippen LogP contribution in [-0.2, 0) is 4.74 Å². The minimum atomic E-state index is 0. The maximum Gasteiger partial charge on any atom is 0.191 e. The highest BCUT2D eigenvalue weighted by atomic mass is 127. The molecule has 1 saturated heterocycles. The minimum absolute atomic E-state index is 0. The summed E-state index contributed by atoms with van der Waals surface area (Å²) in [6, 6.07) is 0.563. The van der Waals surface area contributed by atoms with Crippen molar-refractivity contribution in [2.24, 2.45) is 10.4 Å². The van der Waals surface area contributed by atoms with Crippen LogP contribution in [0.1, 0.15) is 52.4 Å². The molecule has 1 aliphatic heterocycles. The van der Waals surface area contributed by atoms with Crippen LogP contribution < -0.4 is 10.6 Å². The van der Waals surface area contributed by atoms with E-state index in [2.05, 4.69) is 34.4 Å². The molecule has 2 aliphatic rings. The number of aliphatic imine (C=N–C) groups is 1. The highest BCUT2D eigenvalue weighted by Crippen LogP contribution is 2.48. The summed E-state index contributed by atoms with van der Waals surface area (Å²) in [5.74, 6) is 0.974. The van der Waals surface area contributed by atoms with Crippen LogP contribution in [-0.4, -0.2) is 63.3 Å². The lowest BCUT2D eigenvalue weighted by atomic mass is 10.0. The number of piperidine rings is 1. The minimum Gasteiger partial charge on any atom is -0.382 e. The number of guanidine groups is 1. The molecule has 0 unspecified atom stereocenters. The molecule has 6 heteroatoms. The van der Waals surface area contributed by atoms with Crippen LogP contribution in [0.5, 0.6) is 0 Å². The number of ether oxygens (including phenoxy) is 1. The largest absolute Gasteiger partial charge is 0.382 e. The fraction of sp³-hybridized carbons (Fsp3) is 0.944. The van der Waals surface area contributed by atoms with E-state index in [-0.39, 0.29) is 24.0 Å². The summed E-state index contributed by atoms with van der Waals surface area (Å²) in [5.41, 5.74) is 0.456. The predicted molar refractivity (Wildman–Crippen MR) is 112 cm³/mol. The van der Waals surface area contributed by atoms with Gasteiger partial charge in [0, 0.05) is 45.9 Å². The number of rotatable bonds is 9. The van der Waals surface area contributed by atoms with E-state index in [0.29, 0.717) is 11.5 Å². The van der Waals surface area contributed by atoms with E-state index in [4.69, 9.17) is 4.74 Å². The molecule has 5 nitrogen and oxygen atoms in total. The quantitative estimate of drug-likeness (QED) is 0.245. The van der Waals surface area contributed by atoms with Crippen molar-refractivity contribution in [3.8, 4) is 0 Å². The van der Waals surface area contributed by atoms with Crippen LogP contribution in [0.4, 0.5) is 0 Å². The van der Waals surface area contributed by atoms with Gasteiger partial charge < -0.3 is 20.3 Å². The van der Waals surface area contributed by atoms with Gasteiger partial charge in [0.2, 0.25) is 0 Å². The first-order valence-electron chi connectivity index (χ1n) is 9.48. The summed E-state index contributed by atoms with van der Waals surface area (Å²) in [5, 5.41) is 7.17. The van der Waals surface area contributed by atoms with E-state index in [1.807, 2.05) is 7.05 Å². The summed E-state index contributed by atoms with van der Waals surface area (Å²) in [6.45, 7) is 10.7. The van der Waals surface area contributed by atoms with Gasteiger partial charge >= 0.3 is 0 Å². The van der Waals surface area contributed by atoms with Crippen LogP contribution in [0.3, 0.4) is 0 Å². The second kappa shape index (κ2) is 11.5. The van der Waals surface area contributed by atoms with Gasteiger partial charge in [-0.3, -0.25) is 4.99 Å². The third-order valence-corrected chi connectivity index (χ3v) is 5.26. The molecule has 0 atom stereocenters. The predicted octanol–water partition coefficient (Wildman–Crippen LogP) is 2.85. The Morgan fingerprint density at radius 1 is 1.25 bits per heavy atom. The Labute approximate surface area is 165 Å². The van der Waals surface area contributed by atoms with Crippen molar-refractivity contribution in [1.29, 1.82) is 0 Å². The average molecular weight is 452 g/mol.